The molecule has 106 valence electrons. The van der Waals surface area contributed by atoms with E-state index in [4.69, 9.17) is 5.73 Å². The van der Waals surface area contributed by atoms with E-state index in [0.717, 1.165) is 32.6 Å². The number of nitrogens with two attached hydrogens (primary N) is 1. The number of fused-ring (bicyclic) bond motifs is 1. The molecule has 0 spiro atoms. The Bertz CT molecular complexity index is 534. The molecule has 0 atom stereocenters. The smallest absolute Gasteiger partial charge is 0.145 e. The van der Waals surface area contributed by atoms with Crippen LogP contribution >= 0.6 is 0 Å². The van der Waals surface area contributed by atoms with Gasteiger partial charge in [0, 0.05) is 25.8 Å². The number of benzene rings is 1. The van der Waals surface area contributed by atoms with Crippen LogP contribution in [0.2, 0.25) is 0 Å². The number of nitrogens with zero attached hydrogens (tertiary/aromatic N) is 3. The lowest BCUT2D eigenvalue weighted by Crippen LogP contribution is -2.28. The van der Waals surface area contributed by atoms with E-state index in [9.17, 15) is 0 Å². The predicted octanol–water partition coefficient (Wildman–Crippen LogP) is 1.96. The Labute approximate surface area is 120 Å². The van der Waals surface area contributed by atoms with Crippen LogP contribution in [0.1, 0.15) is 17.5 Å². The molecule has 1 aromatic carbocycles. The van der Waals surface area contributed by atoms with Crippen LogP contribution in [-0.2, 0) is 19.4 Å². The third-order valence-electron chi connectivity index (χ3n) is 4.04. The minimum atomic E-state index is 0.607. The summed E-state index contributed by atoms with van der Waals surface area (Å²) < 4.78 is 1.93. The normalized spacial score (nSPS) is 15.8. The molecule has 4 nitrogen and oxygen atoms in total. The van der Waals surface area contributed by atoms with Crippen molar-refractivity contribution >= 4 is 5.82 Å². The second-order valence-electron chi connectivity index (χ2n) is 5.47. The van der Waals surface area contributed by atoms with Crippen molar-refractivity contribution in [2.75, 3.05) is 25.4 Å². The van der Waals surface area contributed by atoms with Gasteiger partial charge in [-0.1, -0.05) is 24.3 Å². The topological polar surface area (TPSA) is 47.1 Å². The van der Waals surface area contributed by atoms with Crippen LogP contribution in [0.25, 0.3) is 0 Å². The van der Waals surface area contributed by atoms with Crippen LogP contribution in [0.15, 0.2) is 36.5 Å². The highest BCUT2D eigenvalue weighted by Gasteiger charge is 2.12. The Hall–Kier alpha value is -1.81. The Kier molecular flexibility index (Phi) is 4.02. The van der Waals surface area contributed by atoms with E-state index >= 15 is 0 Å². The summed E-state index contributed by atoms with van der Waals surface area (Å²) in [7, 11) is 0. The number of hydrogen-bond acceptors (Lipinski definition) is 3. The van der Waals surface area contributed by atoms with Crippen molar-refractivity contribution in [3.8, 4) is 0 Å². The Morgan fingerprint density at radius 3 is 2.30 bits per heavy atom. The standard InChI is InChI=1S/C16H22N4/c17-16-8-13-20(18-16)10-3-9-19-11-6-14-4-1-2-5-15(14)7-12-19/h1-2,4-5,8,13H,3,6-7,9-12H2,(H2,17,18). The Morgan fingerprint density at radius 1 is 1.00 bits per heavy atom. The monoisotopic (exact) mass is 270 g/mol. The number of rotatable bonds is 4. The zero-order chi connectivity index (χ0) is 13.8. The SMILES string of the molecule is Nc1ccn(CCCN2CCc3ccccc3CC2)n1. The summed E-state index contributed by atoms with van der Waals surface area (Å²) in [5.41, 5.74) is 8.67. The van der Waals surface area contributed by atoms with Crippen molar-refractivity contribution in [2.45, 2.75) is 25.8 Å². The molecule has 2 aromatic rings. The fourth-order valence-corrected chi connectivity index (χ4v) is 2.90. The van der Waals surface area contributed by atoms with Crippen LogP contribution in [0.3, 0.4) is 0 Å². The van der Waals surface area contributed by atoms with E-state index in [2.05, 4.69) is 34.3 Å². The van der Waals surface area contributed by atoms with E-state index < -0.39 is 0 Å². The average molecular weight is 270 g/mol. The molecule has 1 aliphatic rings. The van der Waals surface area contributed by atoms with Gasteiger partial charge in [0.15, 0.2) is 0 Å². The number of anilines is 1. The van der Waals surface area contributed by atoms with Crippen molar-refractivity contribution < 1.29 is 0 Å². The molecule has 1 aliphatic heterocycles. The second kappa shape index (κ2) is 6.09. The minimum Gasteiger partial charge on any atom is -0.382 e. The first kappa shape index (κ1) is 13.2. The van der Waals surface area contributed by atoms with Gasteiger partial charge in [-0.25, -0.2) is 0 Å². The quantitative estimate of drug-likeness (QED) is 0.924. The predicted molar refractivity (Wildman–Crippen MR) is 81.5 cm³/mol. The van der Waals surface area contributed by atoms with E-state index in [1.165, 1.54) is 24.0 Å². The van der Waals surface area contributed by atoms with Gasteiger partial charge in [-0.2, -0.15) is 5.10 Å². The van der Waals surface area contributed by atoms with Crippen molar-refractivity contribution in [3.63, 3.8) is 0 Å². The van der Waals surface area contributed by atoms with Gasteiger partial charge in [0.1, 0.15) is 5.82 Å². The first-order valence-corrected chi connectivity index (χ1v) is 7.39. The third-order valence-corrected chi connectivity index (χ3v) is 4.04. The van der Waals surface area contributed by atoms with Gasteiger partial charge in [0.25, 0.3) is 0 Å². The van der Waals surface area contributed by atoms with Crippen molar-refractivity contribution in [2.24, 2.45) is 0 Å². The summed E-state index contributed by atoms with van der Waals surface area (Å²) in [6, 6.07) is 10.7. The summed E-state index contributed by atoms with van der Waals surface area (Å²) in [4.78, 5) is 2.56. The first-order valence-electron chi connectivity index (χ1n) is 7.39. The highest BCUT2D eigenvalue weighted by atomic mass is 15.3. The van der Waals surface area contributed by atoms with Gasteiger partial charge >= 0.3 is 0 Å². The van der Waals surface area contributed by atoms with E-state index in [-0.39, 0.29) is 0 Å². The fraction of sp³-hybridized carbons (Fsp3) is 0.438. The lowest BCUT2D eigenvalue weighted by Gasteiger charge is -2.19. The number of aromatic nitrogens is 2. The molecule has 3 rings (SSSR count). The highest BCUT2D eigenvalue weighted by Crippen LogP contribution is 2.15. The van der Waals surface area contributed by atoms with Crippen LogP contribution in [0.4, 0.5) is 5.82 Å². The van der Waals surface area contributed by atoms with Gasteiger partial charge in [0.05, 0.1) is 0 Å². The van der Waals surface area contributed by atoms with Gasteiger partial charge < -0.3 is 10.6 Å². The minimum absolute atomic E-state index is 0.607. The van der Waals surface area contributed by atoms with Crippen molar-refractivity contribution in [1.29, 1.82) is 0 Å². The lowest BCUT2D eigenvalue weighted by molar-refractivity contribution is 0.276. The summed E-state index contributed by atoms with van der Waals surface area (Å²) in [6.45, 7) is 4.41. The van der Waals surface area contributed by atoms with Crippen LogP contribution in [0.5, 0.6) is 0 Å². The molecular formula is C16H22N4. The summed E-state index contributed by atoms with van der Waals surface area (Å²) in [5.74, 6) is 0.607. The molecule has 0 radical (unpaired) electrons. The van der Waals surface area contributed by atoms with E-state index in [1.54, 1.807) is 0 Å². The van der Waals surface area contributed by atoms with Gasteiger partial charge in [-0.15, -0.1) is 0 Å². The van der Waals surface area contributed by atoms with Crippen LogP contribution in [-0.4, -0.2) is 34.3 Å². The molecular weight excluding hydrogens is 248 g/mol. The molecule has 0 fully saturated rings. The number of hydrogen-bond donors (Lipinski definition) is 1. The molecule has 2 heterocycles. The Morgan fingerprint density at radius 2 is 1.70 bits per heavy atom. The fourth-order valence-electron chi connectivity index (χ4n) is 2.90. The van der Waals surface area contributed by atoms with E-state index in [1.807, 2.05) is 16.9 Å². The zero-order valence-corrected chi connectivity index (χ0v) is 11.8. The number of nitrogen functional groups attached to an aromatic ring is 1. The van der Waals surface area contributed by atoms with Crippen molar-refractivity contribution in [1.82, 2.24) is 14.7 Å². The zero-order valence-electron chi connectivity index (χ0n) is 11.8. The summed E-state index contributed by atoms with van der Waals surface area (Å²) >= 11 is 0. The van der Waals surface area contributed by atoms with Gasteiger partial charge in [0.2, 0.25) is 0 Å². The summed E-state index contributed by atoms with van der Waals surface area (Å²) in [6.07, 6.45) is 5.42. The molecule has 0 unspecified atom stereocenters. The summed E-state index contributed by atoms with van der Waals surface area (Å²) in [5, 5.41) is 4.22. The Balaban J connectivity index is 1.48. The number of aryl methyl sites for hydroxylation is 1. The maximum Gasteiger partial charge on any atom is 0.145 e. The molecule has 0 aliphatic carbocycles. The van der Waals surface area contributed by atoms with E-state index in [0.29, 0.717) is 5.82 Å². The highest BCUT2D eigenvalue weighted by molar-refractivity contribution is 5.28. The molecule has 0 amide bonds. The molecule has 0 saturated heterocycles. The maximum atomic E-state index is 5.62. The maximum absolute atomic E-state index is 5.62. The van der Waals surface area contributed by atoms with Gasteiger partial charge in [-0.05, 0) is 43.0 Å². The molecule has 20 heavy (non-hydrogen) atoms. The average Bonchev–Trinajstić information content (AvgIpc) is 2.76. The first-order chi connectivity index (χ1) is 9.81. The molecule has 0 bridgehead atoms. The molecule has 2 N–H and O–H groups in total. The van der Waals surface area contributed by atoms with Crippen LogP contribution in [0, 0.1) is 0 Å². The van der Waals surface area contributed by atoms with Crippen LogP contribution < -0.4 is 5.73 Å². The van der Waals surface area contributed by atoms with Crippen molar-refractivity contribution in [3.05, 3.63) is 47.7 Å². The molecule has 0 saturated carbocycles. The molecule has 1 aromatic heterocycles. The molecule has 4 heteroatoms. The van der Waals surface area contributed by atoms with Gasteiger partial charge in [-0.3, -0.25) is 4.68 Å². The second-order valence-corrected chi connectivity index (χ2v) is 5.47. The largest absolute Gasteiger partial charge is 0.382 e. The third kappa shape index (κ3) is 3.20. The lowest BCUT2D eigenvalue weighted by atomic mass is 10.0.